The first-order chi connectivity index (χ1) is 7.59. The first-order valence-corrected chi connectivity index (χ1v) is 5.44. The molecule has 0 spiro atoms. The topological polar surface area (TPSA) is 33.4 Å². The van der Waals surface area contributed by atoms with E-state index < -0.39 is 6.10 Å². The molecule has 0 aliphatic heterocycles. The Bertz CT molecular complexity index is 489. The Morgan fingerprint density at radius 3 is 2.56 bits per heavy atom. The van der Waals surface area contributed by atoms with E-state index in [1.807, 2.05) is 26.0 Å². The summed E-state index contributed by atoms with van der Waals surface area (Å²) < 4.78 is 4.95. The lowest BCUT2D eigenvalue weighted by Gasteiger charge is -2.13. The van der Waals surface area contributed by atoms with Gasteiger partial charge in [-0.2, -0.15) is 0 Å². The van der Waals surface area contributed by atoms with Crippen molar-refractivity contribution in [3.63, 3.8) is 0 Å². The molecule has 0 bridgehead atoms. The van der Waals surface area contributed by atoms with Gasteiger partial charge in [0, 0.05) is 16.1 Å². The summed E-state index contributed by atoms with van der Waals surface area (Å²) in [6, 6.07) is 5.51. The smallest absolute Gasteiger partial charge is 0.109 e. The fourth-order valence-corrected chi connectivity index (χ4v) is 1.94. The molecule has 1 heterocycles. The molecular weight excluding hydrogens is 224 g/mol. The molecule has 0 radical (unpaired) electrons. The highest BCUT2D eigenvalue weighted by Crippen LogP contribution is 2.30. The molecule has 1 N–H and O–H groups in total. The predicted molar refractivity (Wildman–Crippen MR) is 63.7 cm³/mol. The van der Waals surface area contributed by atoms with E-state index in [0.717, 1.165) is 11.1 Å². The Kier molecular flexibility index (Phi) is 3.03. The minimum atomic E-state index is -0.731. The molecule has 0 amide bonds. The van der Waals surface area contributed by atoms with Crippen molar-refractivity contribution in [1.82, 2.24) is 0 Å². The fraction of sp³-hybridized carbons (Fsp3) is 0.231. The van der Waals surface area contributed by atoms with Gasteiger partial charge in [-0.3, -0.25) is 0 Å². The molecule has 2 rings (SSSR count). The molecule has 0 saturated carbocycles. The van der Waals surface area contributed by atoms with Crippen molar-refractivity contribution in [3.05, 3.63) is 58.0 Å². The van der Waals surface area contributed by atoms with Crippen LogP contribution < -0.4 is 0 Å². The third-order valence-electron chi connectivity index (χ3n) is 2.77. The van der Waals surface area contributed by atoms with Crippen molar-refractivity contribution >= 4 is 11.6 Å². The molecule has 0 aliphatic rings. The number of rotatable bonds is 2. The van der Waals surface area contributed by atoms with Crippen LogP contribution >= 0.6 is 11.6 Å². The number of benzene rings is 1. The maximum atomic E-state index is 10.1. The average Bonchev–Trinajstić information content (AvgIpc) is 2.75. The van der Waals surface area contributed by atoms with Crippen molar-refractivity contribution < 1.29 is 9.52 Å². The minimum Gasteiger partial charge on any atom is -0.472 e. The van der Waals surface area contributed by atoms with Gasteiger partial charge in [0.1, 0.15) is 6.10 Å². The van der Waals surface area contributed by atoms with Gasteiger partial charge in [-0.25, -0.2) is 0 Å². The van der Waals surface area contributed by atoms with Crippen LogP contribution in [0.25, 0.3) is 0 Å². The zero-order chi connectivity index (χ0) is 11.7. The van der Waals surface area contributed by atoms with Crippen LogP contribution in [0.3, 0.4) is 0 Å². The fourth-order valence-electron chi connectivity index (χ4n) is 1.62. The number of halogens is 1. The number of furan rings is 1. The lowest BCUT2D eigenvalue weighted by Crippen LogP contribution is -2.00. The zero-order valence-electron chi connectivity index (χ0n) is 9.20. The summed E-state index contributed by atoms with van der Waals surface area (Å²) in [6.07, 6.45) is 2.33. The quantitative estimate of drug-likeness (QED) is 0.864. The molecule has 2 aromatic rings. The van der Waals surface area contributed by atoms with Crippen LogP contribution in [0.2, 0.25) is 5.02 Å². The van der Waals surface area contributed by atoms with Gasteiger partial charge in [-0.15, -0.1) is 0 Å². The van der Waals surface area contributed by atoms with E-state index in [9.17, 15) is 5.11 Å². The molecule has 0 saturated heterocycles. The van der Waals surface area contributed by atoms with Crippen molar-refractivity contribution in [2.45, 2.75) is 20.0 Å². The van der Waals surface area contributed by atoms with Crippen LogP contribution in [0.1, 0.15) is 28.4 Å². The van der Waals surface area contributed by atoms with Gasteiger partial charge in [0.15, 0.2) is 0 Å². The van der Waals surface area contributed by atoms with Crippen LogP contribution in [0.15, 0.2) is 35.1 Å². The molecule has 1 aromatic carbocycles. The highest BCUT2D eigenvalue weighted by Gasteiger charge is 2.15. The molecule has 1 atom stereocenters. The second-order valence-corrected chi connectivity index (χ2v) is 4.32. The maximum absolute atomic E-state index is 10.1. The predicted octanol–water partition coefficient (Wildman–Crippen LogP) is 3.63. The largest absolute Gasteiger partial charge is 0.472 e. The number of hydrogen-bond donors (Lipinski definition) is 1. The molecule has 2 nitrogen and oxygen atoms in total. The summed E-state index contributed by atoms with van der Waals surface area (Å²) in [5, 5.41) is 10.7. The van der Waals surface area contributed by atoms with Crippen molar-refractivity contribution in [1.29, 1.82) is 0 Å². The van der Waals surface area contributed by atoms with Gasteiger partial charge in [-0.1, -0.05) is 17.7 Å². The van der Waals surface area contributed by atoms with E-state index >= 15 is 0 Å². The lowest BCUT2D eigenvalue weighted by atomic mass is 9.99. The third-order valence-corrected chi connectivity index (χ3v) is 3.09. The van der Waals surface area contributed by atoms with Crippen LogP contribution in [0, 0.1) is 13.8 Å². The lowest BCUT2D eigenvalue weighted by molar-refractivity contribution is 0.219. The van der Waals surface area contributed by atoms with Gasteiger partial charge in [0.25, 0.3) is 0 Å². The van der Waals surface area contributed by atoms with Crippen molar-refractivity contribution in [3.8, 4) is 0 Å². The monoisotopic (exact) mass is 236 g/mol. The van der Waals surface area contributed by atoms with Gasteiger partial charge < -0.3 is 9.52 Å². The van der Waals surface area contributed by atoms with E-state index in [-0.39, 0.29) is 0 Å². The summed E-state index contributed by atoms with van der Waals surface area (Å²) in [5.41, 5.74) is 3.66. The summed E-state index contributed by atoms with van der Waals surface area (Å²) >= 11 is 6.12. The normalized spacial score (nSPS) is 12.8. The highest BCUT2D eigenvalue weighted by atomic mass is 35.5. The standard InChI is InChI=1S/C13H13ClO2/c1-8-5-11(12(14)6-9(8)2)13(15)10-3-4-16-7-10/h3-7,13,15H,1-2H3. The maximum Gasteiger partial charge on any atom is 0.109 e. The zero-order valence-corrected chi connectivity index (χ0v) is 9.95. The highest BCUT2D eigenvalue weighted by molar-refractivity contribution is 6.31. The van der Waals surface area contributed by atoms with Gasteiger partial charge >= 0.3 is 0 Å². The van der Waals surface area contributed by atoms with Crippen LogP contribution in [0.5, 0.6) is 0 Å². The molecular formula is C13H13ClO2. The van der Waals surface area contributed by atoms with Crippen molar-refractivity contribution in [2.24, 2.45) is 0 Å². The summed E-state index contributed by atoms with van der Waals surface area (Å²) in [6.45, 7) is 3.99. The Morgan fingerprint density at radius 1 is 1.25 bits per heavy atom. The second kappa shape index (κ2) is 4.32. The first-order valence-electron chi connectivity index (χ1n) is 5.06. The Labute approximate surface area is 99.5 Å². The van der Waals surface area contributed by atoms with E-state index in [1.54, 1.807) is 6.07 Å². The second-order valence-electron chi connectivity index (χ2n) is 3.92. The summed E-state index contributed by atoms with van der Waals surface area (Å²) in [5.74, 6) is 0. The SMILES string of the molecule is Cc1cc(Cl)c(C(O)c2ccoc2)cc1C. The number of aryl methyl sites for hydroxylation is 2. The Balaban J connectivity index is 2.44. The Morgan fingerprint density at radius 2 is 1.94 bits per heavy atom. The molecule has 1 aromatic heterocycles. The van der Waals surface area contributed by atoms with E-state index in [2.05, 4.69) is 0 Å². The molecule has 0 aliphatic carbocycles. The van der Waals surface area contributed by atoms with Crippen LogP contribution in [-0.4, -0.2) is 5.11 Å². The third kappa shape index (κ3) is 1.99. The molecule has 0 fully saturated rings. The number of hydrogen-bond acceptors (Lipinski definition) is 2. The molecule has 1 unspecified atom stereocenters. The van der Waals surface area contributed by atoms with E-state index in [1.165, 1.54) is 12.5 Å². The Hall–Kier alpha value is -1.25. The van der Waals surface area contributed by atoms with Crippen LogP contribution in [-0.2, 0) is 0 Å². The molecule has 3 heteroatoms. The first kappa shape index (κ1) is 11.2. The van der Waals surface area contributed by atoms with Gasteiger partial charge in [0.05, 0.1) is 12.5 Å². The number of aliphatic hydroxyl groups excluding tert-OH is 1. The van der Waals surface area contributed by atoms with Gasteiger partial charge in [0.2, 0.25) is 0 Å². The van der Waals surface area contributed by atoms with Crippen LogP contribution in [0.4, 0.5) is 0 Å². The molecule has 16 heavy (non-hydrogen) atoms. The van der Waals surface area contributed by atoms with Crippen molar-refractivity contribution in [2.75, 3.05) is 0 Å². The van der Waals surface area contributed by atoms with E-state index in [4.69, 9.17) is 16.0 Å². The molecule has 84 valence electrons. The number of aliphatic hydroxyl groups is 1. The van der Waals surface area contributed by atoms with Gasteiger partial charge in [-0.05, 0) is 37.1 Å². The summed E-state index contributed by atoms with van der Waals surface area (Å²) in [7, 11) is 0. The average molecular weight is 237 g/mol. The summed E-state index contributed by atoms with van der Waals surface area (Å²) in [4.78, 5) is 0. The van der Waals surface area contributed by atoms with E-state index in [0.29, 0.717) is 16.1 Å². The minimum absolute atomic E-state index is 0.580.